The summed E-state index contributed by atoms with van der Waals surface area (Å²) in [5.41, 5.74) is 8.20. The van der Waals surface area contributed by atoms with Crippen LogP contribution in [-0.2, 0) is 13.1 Å². The van der Waals surface area contributed by atoms with E-state index in [2.05, 4.69) is 5.32 Å². The van der Waals surface area contributed by atoms with Crippen molar-refractivity contribution in [2.75, 3.05) is 0 Å². The number of para-hydroxylation sites is 1. The van der Waals surface area contributed by atoms with Crippen LogP contribution in [0.2, 0.25) is 0 Å². The number of nitrogens with two attached hydrogens (primary N) is 1. The van der Waals surface area contributed by atoms with Crippen LogP contribution in [0.3, 0.4) is 0 Å². The molecular weight excluding hydrogens is 312 g/mol. The largest absolute Gasteiger partial charge is 0.457 e. The van der Waals surface area contributed by atoms with Crippen LogP contribution in [0.15, 0.2) is 78.9 Å². The molecule has 0 aliphatic heterocycles. The van der Waals surface area contributed by atoms with Gasteiger partial charge in [0.05, 0.1) is 0 Å². The average Bonchev–Trinajstić information content (AvgIpc) is 2.68. The SMILES string of the molecule is NCc1ccc(C(=O)NCc2ccc(Oc3ccccc3)cc2)cc1. The Labute approximate surface area is 147 Å². The van der Waals surface area contributed by atoms with E-state index in [1.165, 1.54) is 0 Å². The Morgan fingerprint density at radius 2 is 1.40 bits per heavy atom. The summed E-state index contributed by atoms with van der Waals surface area (Å²) in [6.45, 7) is 0.933. The Balaban J connectivity index is 1.55. The van der Waals surface area contributed by atoms with Gasteiger partial charge < -0.3 is 15.8 Å². The van der Waals surface area contributed by atoms with Crippen LogP contribution in [0.5, 0.6) is 11.5 Å². The van der Waals surface area contributed by atoms with Crippen molar-refractivity contribution in [3.8, 4) is 11.5 Å². The normalized spacial score (nSPS) is 10.3. The van der Waals surface area contributed by atoms with Crippen LogP contribution in [0, 0.1) is 0 Å². The van der Waals surface area contributed by atoms with Crippen LogP contribution < -0.4 is 15.8 Å². The minimum absolute atomic E-state index is 0.104. The molecule has 0 aliphatic carbocycles. The highest BCUT2D eigenvalue weighted by Crippen LogP contribution is 2.21. The second-order valence-electron chi connectivity index (χ2n) is 5.64. The van der Waals surface area contributed by atoms with Gasteiger partial charge in [0.2, 0.25) is 0 Å². The lowest BCUT2D eigenvalue weighted by Gasteiger charge is -2.08. The molecule has 3 rings (SSSR count). The van der Waals surface area contributed by atoms with Crippen LogP contribution in [-0.4, -0.2) is 5.91 Å². The lowest BCUT2D eigenvalue weighted by Crippen LogP contribution is -2.22. The first-order chi connectivity index (χ1) is 12.2. The molecule has 0 radical (unpaired) electrons. The van der Waals surface area contributed by atoms with E-state index in [0.29, 0.717) is 18.7 Å². The third-order valence-electron chi connectivity index (χ3n) is 3.81. The van der Waals surface area contributed by atoms with E-state index in [-0.39, 0.29) is 5.91 Å². The fraction of sp³-hybridized carbons (Fsp3) is 0.0952. The monoisotopic (exact) mass is 332 g/mol. The zero-order valence-electron chi connectivity index (χ0n) is 13.8. The Morgan fingerprint density at radius 1 is 0.800 bits per heavy atom. The van der Waals surface area contributed by atoms with Crippen LogP contribution in [0.1, 0.15) is 21.5 Å². The van der Waals surface area contributed by atoms with Gasteiger partial charge in [0.15, 0.2) is 0 Å². The second kappa shape index (κ2) is 8.13. The van der Waals surface area contributed by atoms with Gasteiger partial charge in [-0.2, -0.15) is 0 Å². The summed E-state index contributed by atoms with van der Waals surface area (Å²) in [6.07, 6.45) is 0. The standard InChI is InChI=1S/C21H20N2O2/c22-14-16-6-10-18(11-7-16)21(24)23-15-17-8-12-20(13-9-17)25-19-4-2-1-3-5-19/h1-13H,14-15,22H2,(H,23,24). The summed E-state index contributed by atoms with van der Waals surface area (Å²) in [5, 5.41) is 2.91. The maximum atomic E-state index is 12.2. The molecular formula is C21H20N2O2. The topological polar surface area (TPSA) is 64.4 Å². The quantitative estimate of drug-likeness (QED) is 0.720. The van der Waals surface area contributed by atoms with Crippen LogP contribution >= 0.6 is 0 Å². The molecule has 3 N–H and O–H groups in total. The molecule has 0 aromatic heterocycles. The van der Waals surface area contributed by atoms with E-state index in [9.17, 15) is 4.79 Å². The molecule has 0 spiro atoms. The molecule has 4 heteroatoms. The highest BCUT2D eigenvalue weighted by atomic mass is 16.5. The highest BCUT2D eigenvalue weighted by Gasteiger charge is 2.05. The van der Waals surface area contributed by atoms with Crippen molar-refractivity contribution in [2.45, 2.75) is 13.1 Å². The van der Waals surface area contributed by atoms with Gasteiger partial charge >= 0.3 is 0 Å². The number of nitrogens with one attached hydrogen (secondary N) is 1. The molecule has 0 atom stereocenters. The van der Waals surface area contributed by atoms with Gasteiger partial charge in [0.25, 0.3) is 5.91 Å². The average molecular weight is 332 g/mol. The molecule has 0 bridgehead atoms. The van der Waals surface area contributed by atoms with Gasteiger partial charge in [-0.15, -0.1) is 0 Å². The Kier molecular flexibility index (Phi) is 5.44. The minimum atomic E-state index is -0.104. The smallest absolute Gasteiger partial charge is 0.251 e. The molecule has 3 aromatic carbocycles. The zero-order chi connectivity index (χ0) is 17.5. The first-order valence-corrected chi connectivity index (χ1v) is 8.13. The Morgan fingerprint density at radius 3 is 2.04 bits per heavy atom. The lowest BCUT2D eigenvalue weighted by atomic mass is 10.1. The molecule has 126 valence electrons. The molecule has 0 saturated carbocycles. The first-order valence-electron chi connectivity index (χ1n) is 8.13. The maximum Gasteiger partial charge on any atom is 0.251 e. The molecule has 0 fully saturated rings. The minimum Gasteiger partial charge on any atom is -0.457 e. The van der Waals surface area contributed by atoms with E-state index in [4.69, 9.17) is 10.5 Å². The van der Waals surface area contributed by atoms with E-state index >= 15 is 0 Å². The van der Waals surface area contributed by atoms with E-state index in [1.807, 2.05) is 66.7 Å². The zero-order valence-corrected chi connectivity index (χ0v) is 13.8. The Bertz CT molecular complexity index is 813. The second-order valence-corrected chi connectivity index (χ2v) is 5.64. The van der Waals surface area contributed by atoms with Gasteiger partial charge in [0, 0.05) is 18.7 Å². The van der Waals surface area contributed by atoms with Crippen LogP contribution in [0.4, 0.5) is 0 Å². The number of benzene rings is 3. The van der Waals surface area contributed by atoms with Gasteiger partial charge in [0.1, 0.15) is 11.5 Å². The fourth-order valence-corrected chi connectivity index (χ4v) is 2.38. The van der Waals surface area contributed by atoms with Gasteiger partial charge in [-0.3, -0.25) is 4.79 Å². The number of rotatable bonds is 6. The first kappa shape index (κ1) is 16.7. The number of carbonyl (C=O) groups excluding carboxylic acids is 1. The number of carbonyl (C=O) groups is 1. The third kappa shape index (κ3) is 4.68. The summed E-state index contributed by atoms with van der Waals surface area (Å²) in [7, 11) is 0. The number of hydrogen-bond acceptors (Lipinski definition) is 3. The van der Waals surface area contributed by atoms with Crippen molar-refractivity contribution in [3.05, 3.63) is 95.6 Å². The number of hydrogen-bond donors (Lipinski definition) is 2. The van der Waals surface area contributed by atoms with Crippen molar-refractivity contribution >= 4 is 5.91 Å². The summed E-state index contributed by atoms with van der Waals surface area (Å²) in [6, 6.07) is 24.6. The predicted octanol–water partition coefficient (Wildman–Crippen LogP) is 3.87. The molecule has 0 heterocycles. The van der Waals surface area contributed by atoms with Gasteiger partial charge in [-0.25, -0.2) is 0 Å². The van der Waals surface area contributed by atoms with Crippen molar-refractivity contribution in [3.63, 3.8) is 0 Å². The van der Waals surface area contributed by atoms with Crippen molar-refractivity contribution in [2.24, 2.45) is 5.73 Å². The molecule has 0 aliphatic rings. The molecule has 4 nitrogen and oxygen atoms in total. The summed E-state index contributed by atoms with van der Waals surface area (Å²) >= 11 is 0. The van der Waals surface area contributed by atoms with Crippen LogP contribution in [0.25, 0.3) is 0 Å². The molecule has 1 amide bonds. The summed E-state index contributed by atoms with van der Waals surface area (Å²) in [4.78, 5) is 12.2. The Hall–Kier alpha value is -3.11. The van der Waals surface area contributed by atoms with Gasteiger partial charge in [-0.1, -0.05) is 42.5 Å². The number of amides is 1. The summed E-state index contributed by atoms with van der Waals surface area (Å²) < 4.78 is 5.75. The third-order valence-corrected chi connectivity index (χ3v) is 3.81. The van der Waals surface area contributed by atoms with Crippen molar-refractivity contribution in [1.29, 1.82) is 0 Å². The maximum absolute atomic E-state index is 12.2. The highest BCUT2D eigenvalue weighted by molar-refractivity contribution is 5.94. The predicted molar refractivity (Wildman–Crippen MR) is 98.5 cm³/mol. The molecule has 3 aromatic rings. The molecule has 25 heavy (non-hydrogen) atoms. The van der Waals surface area contributed by atoms with E-state index < -0.39 is 0 Å². The molecule has 0 unspecified atom stereocenters. The van der Waals surface area contributed by atoms with Gasteiger partial charge in [-0.05, 0) is 47.5 Å². The number of ether oxygens (including phenoxy) is 1. The lowest BCUT2D eigenvalue weighted by molar-refractivity contribution is 0.0951. The molecule has 0 saturated heterocycles. The van der Waals surface area contributed by atoms with Crippen molar-refractivity contribution < 1.29 is 9.53 Å². The van der Waals surface area contributed by atoms with E-state index in [0.717, 1.165) is 22.6 Å². The fourth-order valence-electron chi connectivity index (χ4n) is 2.38. The van der Waals surface area contributed by atoms with Crippen molar-refractivity contribution in [1.82, 2.24) is 5.32 Å². The van der Waals surface area contributed by atoms with E-state index in [1.54, 1.807) is 12.1 Å². The summed E-state index contributed by atoms with van der Waals surface area (Å²) in [5.74, 6) is 1.45.